The number of ether oxygens (including phenoxy) is 1. The number of aromatic hydroxyl groups is 1. The molecule has 2 heterocycles. The molecule has 2 atom stereocenters. The first-order chi connectivity index (χ1) is 12.6. The summed E-state index contributed by atoms with van der Waals surface area (Å²) in [6.45, 7) is 0.721. The number of fused-ring (bicyclic) bond motifs is 2. The first-order valence-electron chi connectivity index (χ1n) is 9.65. The van der Waals surface area contributed by atoms with E-state index in [1.807, 2.05) is 19.2 Å². The Morgan fingerprint density at radius 2 is 2.04 bits per heavy atom. The summed E-state index contributed by atoms with van der Waals surface area (Å²) in [6, 6.07) is 7.33. The van der Waals surface area contributed by atoms with Crippen molar-refractivity contribution >= 4 is 5.96 Å². The zero-order valence-electron chi connectivity index (χ0n) is 16.2. The standard InChI is InChI=1S/C20H32N4O2/c1-21-20(22-10-9-14-7-8-18(26-3)13-19(14)25)23-15-11-16-5-4-6-17(12-15)24(16)2/h7-8,13,15-17,25H,4-6,9-12H2,1-3H3,(H2,21,22,23). The molecule has 6 nitrogen and oxygen atoms in total. The van der Waals surface area contributed by atoms with Gasteiger partial charge in [-0.15, -0.1) is 0 Å². The smallest absolute Gasteiger partial charge is 0.191 e. The van der Waals surface area contributed by atoms with Crippen molar-refractivity contribution in [1.82, 2.24) is 15.5 Å². The molecule has 0 radical (unpaired) electrons. The van der Waals surface area contributed by atoms with Gasteiger partial charge in [0, 0.05) is 37.8 Å². The van der Waals surface area contributed by atoms with E-state index in [0.717, 1.165) is 24.5 Å². The molecule has 1 aromatic carbocycles. The van der Waals surface area contributed by atoms with Crippen LogP contribution in [0.4, 0.5) is 0 Å². The Morgan fingerprint density at radius 3 is 2.65 bits per heavy atom. The molecule has 2 bridgehead atoms. The van der Waals surface area contributed by atoms with E-state index < -0.39 is 0 Å². The number of methoxy groups -OCH3 is 1. The highest BCUT2D eigenvalue weighted by atomic mass is 16.5. The Kier molecular flexibility index (Phi) is 6.25. The van der Waals surface area contributed by atoms with Gasteiger partial charge in [0.1, 0.15) is 11.5 Å². The van der Waals surface area contributed by atoms with E-state index in [1.165, 1.54) is 32.1 Å². The Hall–Kier alpha value is -1.95. The maximum Gasteiger partial charge on any atom is 0.191 e. The van der Waals surface area contributed by atoms with E-state index in [9.17, 15) is 5.11 Å². The molecular formula is C20H32N4O2. The predicted octanol–water partition coefficient (Wildman–Crippen LogP) is 2.12. The minimum absolute atomic E-state index is 0.275. The van der Waals surface area contributed by atoms with Crippen LogP contribution in [0.15, 0.2) is 23.2 Å². The SMILES string of the molecule is CN=C(NCCc1ccc(OC)cc1O)NC1CC2CCCC(C1)N2C. The summed E-state index contributed by atoms with van der Waals surface area (Å²) in [4.78, 5) is 6.95. The van der Waals surface area contributed by atoms with Crippen molar-refractivity contribution in [2.45, 2.75) is 56.7 Å². The third kappa shape index (κ3) is 4.41. The first kappa shape index (κ1) is 18.8. The van der Waals surface area contributed by atoms with Crippen LogP contribution < -0.4 is 15.4 Å². The van der Waals surface area contributed by atoms with Gasteiger partial charge in [-0.1, -0.05) is 12.5 Å². The topological polar surface area (TPSA) is 69.1 Å². The lowest BCUT2D eigenvalue weighted by Gasteiger charge is -2.47. The highest BCUT2D eigenvalue weighted by molar-refractivity contribution is 5.80. The monoisotopic (exact) mass is 360 g/mol. The van der Waals surface area contributed by atoms with Gasteiger partial charge in [0.25, 0.3) is 0 Å². The quantitative estimate of drug-likeness (QED) is 0.554. The molecule has 2 aliphatic rings. The number of guanidine groups is 1. The van der Waals surface area contributed by atoms with E-state index in [4.69, 9.17) is 4.74 Å². The number of hydrogen-bond acceptors (Lipinski definition) is 4. The molecule has 0 aromatic heterocycles. The van der Waals surface area contributed by atoms with E-state index in [2.05, 4.69) is 27.6 Å². The van der Waals surface area contributed by atoms with Crippen molar-refractivity contribution in [3.05, 3.63) is 23.8 Å². The second kappa shape index (κ2) is 8.62. The molecule has 6 heteroatoms. The Morgan fingerprint density at radius 1 is 1.31 bits per heavy atom. The van der Waals surface area contributed by atoms with Crippen LogP contribution in [0.1, 0.15) is 37.7 Å². The maximum absolute atomic E-state index is 10.1. The van der Waals surface area contributed by atoms with Gasteiger partial charge >= 0.3 is 0 Å². The number of piperidine rings is 2. The van der Waals surface area contributed by atoms with Crippen molar-refractivity contribution in [3.8, 4) is 11.5 Å². The average Bonchev–Trinajstić information content (AvgIpc) is 2.62. The second-order valence-corrected chi connectivity index (χ2v) is 7.46. The summed E-state index contributed by atoms with van der Waals surface area (Å²) in [7, 11) is 5.69. The molecule has 0 saturated carbocycles. The van der Waals surface area contributed by atoms with Crippen LogP contribution in [0, 0.1) is 0 Å². The molecule has 1 aromatic rings. The fraction of sp³-hybridized carbons (Fsp3) is 0.650. The largest absolute Gasteiger partial charge is 0.508 e. The highest BCUT2D eigenvalue weighted by Gasteiger charge is 2.36. The number of nitrogens with one attached hydrogen (secondary N) is 2. The molecular weight excluding hydrogens is 328 g/mol. The first-order valence-corrected chi connectivity index (χ1v) is 9.65. The summed E-state index contributed by atoms with van der Waals surface area (Å²) < 4.78 is 5.13. The number of phenols is 1. The van der Waals surface area contributed by atoms with Crippen LogP contribution in [0.5, 0.6) is 11.5 Å². The number of nitrogens with zero attached hydrogens (tertiary/aromatic N) is 2. The molecule has 3 N–H and O–H groups in total. The number of aliphatic imine (C=N–C) groups is 1. The lowest BCUT2D eigenvalue weighted by atomic mass is 9.82. The molecule has 144 valence electrons. The van der Waals surface area contributed by atoms with Crippen molar-refractivity contribution in [1.29, 1.82) is 0 Å². The zero-order chi connectivity index (χ0) is 18.5. The minimum atomic E-state index is 0.275. The van der Waals surface area contributed by atoms with Crippen LogP contribution >= 0.6 is 0 Å². The molecule has 26 heavy (non-hydrogen) atoms. The maximum atomic E-state index is 10.1. The van der Waals surface area contributed by atoms with Crippen LogP contribution in [0.25, 0.3) is 0 Å². The van der Waals surface area contributed by atoms with Gasteiger partial charge in [0.2, 0.25) is 0 Å². The van der Waals surface area contributed by atoms with Gasteiger partial charge in [0.15, 0.2) is 5.96 Å². The van der Waals surface area contributed by atoms with E-state index in [0.29, 0.717) is 23.9 Å². The lowest BCUT2D eigenvalue weighted by Crippen LogP contribution is -2.56. The summed E-state index contributed by atoms with van der Waals surface area (Å²) in [5.74, 6) is 1.80. The van der Waals surface area contributed by atoms with E-state index >= 15 is 0 Å². The normalized spacial score (nSPS) is 26.4. The molecule has 0 aliphatic carbocycles. The third-order valence-corrected chi connectivity index (χ3v) is 5.88. The highest BCUT2D eigenvalue weighted by Crippen LogP contribution is 2.32. The lowest BCUT2D eigenvalue weighted by molar-refractivity contribution is 0.0526. The summed E-state index contributed by atoms with van der Waals surface area (Å²) in [5, 5.41) is 17.0. The minimum Gasteiger partial charge on any atom is -0.508 e. The Balaban J connectivity index is 1.48. The van der Waals surface area contributed by atoms with Crippen LogP contribution in [-0.2, 0) is 6.42 Å². The fourth-order valence-corrected chi connectivity index (χ4v) is 4.32. The zero-order valence-corrected chi connectivity index (χ0v) is 16.2. The van der Waals surface area contributed by atoms with Gasteiger partial charge in [0.05, 0.1) is 7.11 Å². The van der Waals surface area contributed by atoms with Gasteiger partial charge < -0.3 is 25.4 Å². The van der Waals surface area contributed by atoms with Gasteiger partial charge in [-0.25, -0.2) is 0 Å². The summed E-state index contributed by atoms with van der Waals surface area (Å²) in [5.41, 5.74) is 0.905. The third-order valence-electron chi connectivity index (χ3n) is 5.88. The Bertz CT molecular complexity index is 620. The van der Waals surface area contributed by atoms with E-state index in [-0.39, 0.29) is 5.75 Å². The molecule has 2 fully saturated rings. The Labute approximate surface area is 156 Å². The van der Waals surface area contributed by atoms with Crippen molar-refractivity contribution in [2.24, 2.45) is 4.99 Å². The number of rotatable bonds is 5. The summed E-state index contributed by atoms with van der Waals surface area (Å²) in [6.07, 6.45) is 7.10. The number of benzene rings is 1. The fourth-order valence-electron chi connectivity index (χ4n) is 4.32. The van der Waals surface area contributed by atoms with Crippen LogP contribution in [0.3, 0.4) is 0 Å². The molecule has 2 saturated heterocycles. The van der Waals surface area contributed by atoms with Crippen LogP contribution in [0.2, 0.25) is 0 Å². The number of phenolic OH excluding ortho intramolecular Hbond substituents is 1. The molecule has 0 amide bonds. The molecule has 2 aliphatic heterocycles. The van der Waals surface area contributed by atoms with Crippen LogP contribution in [-0.4, -0.2) is 61.8 Å². The van der Waals surface area contributed by atoms with Gasteiger partial charge in [-0.3, -0.25) is 4.99 Å². The second-order valence-electron chi connectivity index (χ2n) is 7.46. The van der Waals surface area contributed by atoms with Gasteiger partial charge in [-0.2, -0.15) is 0 Å². The van der Waals surface area contributed by atoms with Crippen molar-refractivity contribution in [2.75, 3.05) is 27.7 Å². The van der Waals surface area contributed by atoms with E-state index in [1.54, 1.807) is 13.2 Å². The average molecular weight is 361 g/mol. The number of hydrogen-bond donors (Lipinski definition) is 3. The molecule has 3 rings (SSSR count). The van der Waals surface area contributed by atoms with Crippen molar-refractivity contribution in [3.63, 3.8) is 0 Å². The predicted molar refractivity (Wildman–Crippen MR) is 105 cm³/mol. The van der Waals surface area contributed by atoms with Crippen molar-refractivity contribution < 1.29 is 9.84 Å². The van der Waals surface area contributed by atoms with Gasteiger partial charge in [-0.05, 0) is 50.8 Å². The molecule has 0 spiro atoms. The molecule has 2 unspecified atom stereocenters. The summed E-state index contributed by atoms with van der Waals surface area (Å²) >= 11 is 0.